The van der Waals surface area contributed by atoms with Gasteiger partial charge in [0.25, 0.3) is 0 Å². The van der Waals surface area contributed by atoms with Crippen molar-refractivity contribution < 1.29 is 4.74 Å². The molecule has 0 saturated carbocycles. The van der Waals surface area contributed by atoms with Gasteiger partial charge in [-0.25, -0.2) is 0 Å². The molecule has 102 valence electrons. The molecular formula is C16H16N2OS. The Hall–Kier alpha value is -1.99. The van der Waals surface area contributed by atoms with Crippen LogP contribution >= 0.6 is 11.3 Å². The molecule has 3 nitrogen and oxygen atoms in total. The summed E-state index contributed by atoms with van der Waals surface area (Å²) in [5.74, 6) is 0.982. The third-order valence-corrected chi connectivity index (χ3v) is 4.80. The maximum atomic E-state index is 9.19. The van der Waals surface area contributed by atoms with Crippen LogP contribution < -0.4 is 10.5 Å². The van der Waals surface area contributed by atoms with Crippen molar-refractivity contribution in [3.63, 3.8) is 0 Å². The molecule has 2 N–H and O–H groups in total. The standard InChI is InChI=1S/C16H16N2OS/c1-2-3-12-15(18)14(9-17)20-16(12)11-4-5-13-10(8-11)6-7-19-13/h4-5,8H,2-3,6-7,18H2,1H3. The minimum atomic E-state index is 0.625. The van der Waals surface area contributed by atoms with Crippen LogP contribution in [-0.4, -0.2) is 6.61 Å². The first-order chi connectivity index (χ1) is 9.74. The van der Waals surface area contributed by atoms with E-state index in [1.54, 1.807) is 0 Å². The van der Waals surface area contributed by atoms with Crippen LogP contribution in [0.1, 0.15) is 29.3 Å². The molecule has 0 amide bonds. The van der Waals surface area contributed by atoms with Crippen molar-refractivity contribution in [3.05, 3.63) is 34.2 Å². The number of fused-ring (bicyclic) bond motifs is 1. The van der Waals surface area contributed by atoms with Crippen LogP contribution in [0.25, 0.3) is 10.4 Å². The summed E-state index contributed by atoms with van der Waals surface area (Å²) < 4.78 is 5.54. The predicted molar refractivity (Wildman–Crippen MR) is 82.1 cm³/mol. The molecular weight excluding hydrogens is 268 g/mol. The van der Waals surface area contributed by atoms with Gasteiger partial charge in [0.05, 0.1) is 12.3 Å². The number of thiophene rings is 1. The van der Waals surface area contributed by atoms with Crippen LogP contribution in [0, 0.1) is 11.3 Å². The van der Waals surface area contributed by atoms with Crippen molar-refractivity contribution in [1.29, 1.82) is 5.26 Å². The van der Waals surface area contributed by atoms with Crippen molar-refractivity contribution in [1.82, 2.24) is 0 Å². The molecule has 2 aromatic rings. The lowest BCUT2D eigenvalue weighted by Crippen LogP contribution is -1.93. The van der Waals surface area contributed by atoms with E-state index in [-0.39, 0.29) is 0 Å². The lowest BCUT2D eigenvalue weighted by molar-refractivity contribution is 0.357. The molecule has 0 fully saturated rings. The fourth-order valence-corrected chi connectivity index (χ4v) is 3.68. The fraction of sp³-hybridized carbons (Fsp3) is 0.312. The van der Waals surface area contributed by atoms with E-state index in [9.17, 15) is 5.26 Å². The lowest BCUT2D eigenvalue weighted by atomic mass is 10.0. The minimum absolute atomic E-state index is 0.625. The summed E-state index contributed by atoms with van der Waals surface area (Å²) in [6.45, 7) is 2.89. The summed E-state index contributed by atoms with van der Waals surface area (Å²) >= 11 is 1.50. The number of rotatable bonds is 3. The van der Waals surface area contributed by atoms with Gasteiger partial charge in [-0.05, 0) is 41.3 Å². The van der Waals surface area contributed by atoms with Gasteiger partial charge < -0.3 is 10.5 Å². The molecule has 2 heterocycles. The highest BCUT2D eigenvalue weighted by molar-refractivity contribution is 7.16. The van der Waals surface area contributed by atoms with Crippen LogP contribution in [0.15, 0.2) is 18.2 Å². The Labute approximate surface area is 122 Å². The normalized spacial score (nSPS) is 12.8. The minimum Gasteiger partial charge on any atom is -0.493 e. The van der Waals surface area contributed by atoms with E-state index in [0.29, 0.717) is 10.6 Å². The summed E-state index contributed by atoms with van der Waals surface area (Å²) in [7, 11) is 0. The molecule has 1 aliphatic heterocycles. The average Bonchev–Trinajstić information content (AvgIpc) is 3.04. The summed E-state index contributed by atoms with van der Waals surface area (Å²) in [5.41, 5.74) is 10.3. The van der Waals surface area contributed by atoms with Crippen molar-refractivity contribution in [2.24, 2.45) is 0 Å². The van der Waals surface area contributed by atoms with E-state index < -0.39 is 0 Å². The number of anilines is 1. The molecule has 0 saturated heterocycles. The largest absolute Gasteiger partial charge is 0.493 e. The average molecular weight is 284 g/mol. The number of hydrogen-bond acceptors (Lipinski definition) is 4. The molecule has 0 aliphatic carbocycles. The van der Waals surface area contributed by atoms with E-state index >= 15 is 0 Å². The zero-order valence-electron chi connectivity index (χ0n) is 11.4. The van der Waals surface area contributed by atoms with Crippen LogP contribution in [0.4, 0.5) is 5.69 Å². The summed E-state index contributed by atoms with van der Waals surface area (Å²) in [6, 6.07) is 8.47. The SMILES string of the molecule is CCCc1c(-c2ccc3c(c2)CCO3)sc(C#N)c1N. The number of nitriles is 1. The summed E-state index contributed by atoms with van der Waals surface area (Å²) in [6.07, 6.45) is 2.89. The lowest BCUT2D eigenvalue weighted by Gasteiger charge is -2.06. The molecule has 3 rings (SSSR count). The van der Waals surface area contributed by atoms with Crippen molar-refractivity contribution in [2.75, 3.05) is 12.3 Å². The molecule has 1 aromatic heterocycles. The quantitative estimate of drug-likeness (QED) is 0.933. The van der Waals surface area contributed by atoms with Gasteiger partial charge in [0.2, 0.25) is 0 Å². The number of nitrogens with two attached hydrogens (primary N) is 1. The molecule has 0 bridgehead atoms. The van der Waals surface area contributed by atoms with Crippen LogP contribution in [0.3, 0.4) is 0 Å². The van der Waals surface area contributed by atoms with Gasteiger partial charge in [-0.2, -0.15) is 5.26 Å². The molecule has 0 atom stereocenters. The molecule has 0 radical (unpaired) electrons. The summed E-state index contributed by atoms with van der Waals surface area (Å²) in [4.78, 5) is 1.76. The second-order valence-electron chi connectivity index (χ2n) is 4.94. The maximum Gasteiger partial charge on any atom is 0.128 e. The Morgan fingerprint density at radius 3 is 3.05 bits per heavy atom. The number of benzene rings is 1. The van der Waals surface area contributed by atoms with Crippen LogP contribution in [-0.2, 0) is 12.8 Å². The Morgan fingerprint density at radius 2 is 2.30 bits per heavy atom. The first-order valence-electron chi connectivity index (χ1n) is 6.82. The van der Waals surface area contributed by atoms with Crippen molar-refractivity contribution >= 4 is 17.0 Å². The second kappa shape index (κ2) is 5.18. The molecule has 4 heteroatoms. The predicted octanol–water partition coefficient (Wildman–Crippen LogP) is 3.76. The van der Waals surface area contributed by atoms with E-state index in [4.69, 9.17) is 10.5 Å². The zero-order chi connectivity index (χ0) is 14.1. The second-order valence-corrected chi connectivity index (χ2v) is 5.96. The van der Waals surface area contributed by atoms with Gasteiger partial charge in [-0.15, -0.1) is 11.3 Å². The third-order valence-electron chi connectivity index (χ3n) is 3.60. The molecule has 20 heavy (non-hydrogen) atoms. The van der Waals surface area contributed by atoms with E-state index in [2.05, 4.69) is 25.1 Å². The molecule has 1 aliphatic rings. The highest BCUT2D eigenvalue weighted by atomic mass is 32.1. The van der Waals surface area contributed by atoms with E-state index in [1.165, 1.54) is 16.9 Å². The Balaban J connectivity index is 2.12. The topological polar surface area (TPSA) is 59.0 Å². The highest BCUT2D eigenvalue weighted by Crippen LogP contribution is 2.41. The van der Waals surface area contributed by atoms with Gasteiger partial charge in [0, 0.05) is 11.3 Å². The molecule has 1 aromatic carbocycles. The third kappa shape index (κ3) is 2.04. The first-order valence-corrected chi connectivity index (χ1v) is 7.63. The van der Waals surface area contributed by atoms with Crippen molar-refractivity contribution in [2.45, 2.75) is 26.2 Å². The smallest absolute Gasteiger partial charge is 0.128 e. The Morgan fingerprint density at radius 1 is 1.45 bits per heavy atom. The highest BCUT2D eigenvalue weighted by Gasteiger charge is 2.19. The molecule has 0 unspecified atom stereocenters. The van der Waals surface area contributed by atoms with Gasteiger partial charge in [-0.3, -0.25) is 0 Å². The Kier molecular flexibility index (Phi) is 3.37. The fourth-order valence-electron chi connectivity index (χ4n) is 2.62. The summed E-state index contributed by atoms with van der Waals surface area (Å²) in [5, 5.41) is 9.19. The first kappa shape index (κ1) is 13.0. The van der Waals surface area contributed by atoms with Crippen LogP contribution in [0.2, 0.25) is 0 Å². The Bertz CT molecular complexity index is 697. The number of ether oxygens (including phenoxy) is 1. The number of hydrogen-bond donors (Lipinski definition) is 1. The monoisotopic (exact) mass is 284 g/mol. The van der Waals surface area contributed by atoms with Gasteiger partial charge >= 0.3 is 0 Å². The van der Waals surface area contributed by atoms with E-state index in [1.807, 2.05) is 6.07 Å². The van der Waals surface area contributed by atoms with Gasteiger partial charge in [0.1, 0.15) is 16.7 Å². The van der Waals surface area contributed by atoms with Crippen molar-refractivity contribution in [3.8, 4) is 22.3 Å². The van der Waals surface area contributed by atoms with E-state index in [0.717, 1.165) is 47.6 Å². The number of nitrogens with zero attached hydrogens (tertiary/aromatic N) is 1. The van der Waals surface area contributed by atoms with Gasteiger partial charge in [-0.1, -0.05) is 13.3 Å². The van der Waals surface area contributed by atoms with Gasteiger partial charge in [0.15, 0.2) is 0 Å². The molecule has 0 spiro atoms. The van der Waals surface area contributed by atoms with Crippen LogP contribution in [0.5, 0.6) is 5.75 Å². The zero-order valence-corrected chi connectivity index (χ0v) is 12.2. The maximum absolute atomic E-state index is 9.19. The number of nitrogen functional groups attached to an aromatic ring is 1.